The van der Waals surface area contributed by atoms with E-state index in [2.05, 4.69) is 4.74 Å². The molecule has 11 heteroatoms. The van der Waals surface area contributed by atoms with E-state index in [-0.39, 0.29) is 0 Å². The van der Waals surface area contributed by atoms with Crippen LogP contribution < -0.4 is 4.31 Å². The Hall–Kier alpha value is -3.08. The average Bonchev–Trinajstić information content (AvgIpc) is 2.61. The topological polar surface area (TPSA) is 107 Å². The average molecular weight is 386 g/mol. The summed E-state index contributed by atoms with van der Waals surface area (Å²) in [5, 5.41) is 11.1. The summed E-state index contributed by atoms with van der Waals surface area (Å²) in [6, 6.07) is 6.61. The largest absolute Gasteiger partial charge is 0.468 e. The van der Waals surface area contributed by atoms with Gasteiger partial charge >= 0.3 is 5.97 Å². The van der Waals surface area contributed by atoms with Gasteiger partial charge in [-0.05, 0) is 18.2 Å². The lowest BCUT2D eigenvalue weighted by Gasteiger charge is -2.23. The van der Waals surface area contributed by atoms with Crippen LogP contribution in [-0.4, -0.2) is 33.0 Å². The Morgan fingerprint density at radius 1 is 1.19 bits per heavy atom. The number of ether oxygens (including phenoxy) is 1. The van der Waals surface area contributed by atoms with E-state index in [0.717, 1.165) is 25.3 Å². The monoisotopic (exact) mass is 386 g/mol. The summed E-state index contributed by atoms with van der Waals surface area (Å²) in [5.41, 5.74) is -1.13. The van der Waals surface area contributed by atoms with Crippen LogP contribution in [0.15, 0.2) is 47.4 Å². The third-order valence-electron chi connectivity index (χ3n) is 3.32. The molecule has 0 aliphatic rings. The highest BCUT2D eigenvalue weighted by Crippen LogP contribution is 2.30. The van der Waals surface area contributed by atoms with Crippen LogP contribution in [0.4, 0.5) is 20.2 Å². The van der Waals surface area contributed by atoms with Gasteiger partial charge in [0.2, 0.25) is 0 Å². The number of rotatable bonds is 6. The summed E-state index contributed by atoms with van der Waals surface area (Å²) >= 11 is 0. The van der Waals surface area contributed by atoms with Gasteiger partial charge in [-0.2, -0.15) is 0 Å². The van der Waals surface area contributed by atoms with Crippen LogP contribution in [0.2, 0.25) is 0 Å². The van der Waals surface area contributed by atoms with E-state index in [4.69, 9.17) is 0 Å². The molecule has 0 aromatic heterocycles. The number of carbonyl (C=O) groups excluding carboxylic acids is 1. The van der Waals surface area contributed by atoms with E-state index >= 15 is 0 Å². The zero-order valence-corrected chi connectivity index (χ0v) is 14.1. The molecule has 8 nitrogen and oxygen atoms in total. The van der Waals surface area contributed by atoms with Gasteiger partial charge < -0.3 is 4.74 Å². The molecule has 0 bridgehead atoms. The van der Waals surface area contributed by atoms with Gasteiger partial charge in [0.25, 0.3) is 15.7 Å². The van der Waals surface area contributed by atoms with E-state index in [0.29, 0.717) is 16.4 Å². The van der Waals surface area contributed by atoms with Gasteiger partial charge in [-0.1, -0.05) is 12.1 Å². The van der Waals surface area contributed by atoms with Crippen LogP contribution >= 0.6 is 0 Å². The normalized spacial score (nSPS) is 11.0. The number of nitro benzene ring substituents is 1. The van der Waals surface area contributed by atoms with Crippen molar-refractivity contribution in [2.45, 2.75) is 4.90 Å². The number of anilines is 1. The number of benzene rings is 2. The van der Waals surface area contributed by atoms with Crippen molar-refractivity contribution in [1.29, 1.82) is 0 Å². The molecule has 26 heavy (non-hydrogen) atoms. The second-order valence-corrected chi connectivity index (χ2v) is 6.74. The lowest BCUT2D eigenvalue weighted by Crippen LogP contribution is -2.36. The van der Waals surface area contributed by atoms with E-state index in [9.17, 15) is 32.1 Å². The summed E-state index contributed by atoms with van der Waals surface area (Å²) in [6.07, 6.45) is 0. The van der Waals surface area contributed by atoms with E-state index in [1.54, 1.807) is 0 Å². The Morgan fingerprint density at radius 2 is 1.85 bits per heavy atom. The molecule has 0 saturated heterocycles. The first-order chi connectivity index (χ1) is 12.2. The number of esters is 1. The molecular weight excluding hydrogens is 374 g/mol. The molecule has 0 saturated carbocycles. The molecule has 0 aliphatic carbocycles. The number of halogens is 2. The van der Waals surface area contributed by atoms with Crippen molar-refractivity contribution in [1.82, 2.24) is 0 Å². The molecule has 0 radical (unpaired) electrons. The highest BCUT2D eigenvalue weighted by Gasteiger charge is 2.33. The first-order valence-electron chi connectivity index (χ1n) is 6.96. The van der Waals surface area contributed by atoms with Crippen LogP contribution in [0.1, 0.15) is 0 Å². The highest BCUT2D eigenvalue weighted by molar-refractivity contribution is 7.93. The maximum atomic E-state index is 13.5. The zero-order chi connectivity index (χ0) is 19.5. The molecule has 2 rings (SSSR count). The Balaban J connectivity index is 2.66. The fourth-order valence-corrected chi connectivity index (χ4v) is 3.64. The highest BCUT2D eigenvalue weighted by atomic mass is 32.2. The standard InChI is InChI=1S/C15H12F2N2O6S/c1-25-15(20)9-18(10-6-7-11(16)12(17)8-10)26(23,24)14-5-3-2-4-13(14)19(21)22/h2-8H,9H2,1H3. The molecule has 0 spiro atoms. The smallest absolute Gasteiger partial charge is 0.326 e. The maximum Gasteiger partial charge on any atom is 0.326 e. The Bertz CT molecular complexity index is 964. The van der Waals surface area contributed by atoms with Crippen molar-refractivity contribution in [2.75, 3.05) is 18.0 Å². The molecule has 0 heterocycles. The fraction of sp³-hybridized carbons (Fsp3) is 0.133. The fourth-order valence-electron chi connectivity index (χ4n) is 2.08. The van der Waals surface area contributed by atoms with Crippen LogP contribution in [0.3, 0.4) is 0 Å². The minimum absolute atomic E-state index is 0.396. The summed E-state index contributed by atoms with van der Waals surface area (Å²) in [4.78, 5) is 21.1. The van der Waals surface area contributed by atoms with Crippen molar-refractivity contribution < 1.29 is 31.7 Å². The second kappa shape index (κ2) is 7.44. The first kappa shape index (κ1) is 19.2. The van der Waals surface area contributed by atoms with Crippen LogP contribution in [0.25, 0.3) is 0 Å². The molecule has 138 valence electrons. The first-order valence-corrected chi connectivity index (χ1v) is 8.40. The van der Waals surface area contributed by atoms with Crippen LogP contribution in [-0.2, 0) is 19.6 Å². The lowest BCUT2D eigenvalue weighted by atomic mass is 10.3. The second-order valence-electron chi connectivity index (χ2n) is 4.91. The lowest BCUT2D eigenvalue weighted by molar-refractivity contribution is -0.387. The third-order valence-corrected chi connectivity index (χ3v) is 5.14. The van der Waals surface area contributed by atoms with Gasteiger partial charge in [-0.15, -0.1) is 0 Å². The Morgan fingerprint density at radius 3 is 2.42 bits per heavy atom. The molecule has 0 N–H and O–H groups in total. The van der Waals surface area contributed by atoms with Crippen molar-refractivity contribution >= 4 is 27.4 Å². The number of nitro groups is 1. The number of methoxy groups -OCH3 is 1. The Labute approximate surface area is 146 Å². The molecule has 2 aromatic carbocycles. The number of para-hydroxylation sites is 1. The predicted molar refractivity (Wildman–Crippen MR) is 86.0 cm³/mol. The zero-order valence-electron chi connectivity index (χ0n) is 13.3. The molecular formula is C15H12F2N2O6S. The summed E-state index contributed by atoms with van der Waals surface area (Å²) in [6.45, 7) is -0.893. The minimum Gasteiger partial charge on any atom is -0.468 e. The van der Waals surface area contributed by atoms with Gasteiger partial charge in [0, 0.05) is 12.1 Å². The number of sulfonamides is 1. The minimum atomic E-state index is -4.66. The molecule has 0 unspecified atom stereocenters. The molecule has 0 fully saturated rings. The summed E-state index contributed by atoms with van der Waals surface area (Å²) in [7, 11) is -3.66. The van der Waals surface area contributed by atoms with Gasteiger partial charge in [0.1, 0.15) is 6.54 Å². The SMILES string of the molecule is COC(=O)CN(c1ccc(F)c(F)c1)S(=O)(=O)c1ccccc1[N+](=O)[O-]. The van der Waals surface area contributed by atoms with Gasteiger partial charge in [-0.3, -0.25) is 19.2 Å². The Kier molecular flexibility index (Phi) is 5.50. The van der Waals surface area contributed by atoms with Crippen LogP contribution in [0.5, 0.6) is 0 Å². The number of hydrogen-bond acceptors (Lipinski definition) is 6. The summed E-state index contributed by atoms with van der Waals surface area (Å²) < 4.78 is 57.3. The van der Waals surface area contributed by atoms with E-state index < -0.39 is 55.4 Å². The van der Waals surface area contributed by atoms with Crippen molar-refractivity contribution in [3.8, 4) is 0 Å². The van der Waals surface area contributed by atoms with Crippen molar-refractivity contribution in [3.63, 3.8) is 0 Å². The number of hydrogen-bond donors (Lipinski definition) is 0. The predicted octanol–water partition coefficient (Wildman–Crippen LogP) is 2.24. The maximum absolute atomic E-state index is 13.5. The molecule has 0 amide bonds. The van der Waals surface area contributed by atoms with Crippen LogP contribution in [0, 0.1) is 21.7 Å². The van der Waals surface area contributed by atoms with Gasteiger partial charge in [0.15, 0.2) is 16.5 Å². The van der Waals surface area contributed by atoms with E-state index in [1.165, 1.54) is 12.1 Å². The number of carbonyl (C=O) groups is 1. The van der Waals surface area contributed by atoms with Gasteiger partial charge in [-0.25, -0.2) is 17.2 Å². The summed E-state index contributed by atoms with van der Waals surface area (Å²) in [5.74, 6) is -3.58. The van der Waals surface area contributed by atoms with E-state index in [1.807, 2.05) is 0 Å². The third kappa shape index (κ3) is 3.77. The molecule has 0 atom stereocenters. The molecule has 2 aromatic rings. The molecule has 0 aliphatic heterocycles. The quantitative estimate of drug-likeness (QED) is 0.428. The van der Waals surface area contributed by atoms with Crippen molar-refractivity contribution in [3.05, 3.63) is 64.2 Å². The number of nitrogens with zero attached hydrogens (tertiary/aromatic N) is 2. The van der Waals surface area contributed by atoms with Crippen molar-refractivity contribution in [2.24, 2.45) is 0 Å². The van der Waals surface area contributed by atoms with Gasteiger partial charge in [0.05, 0.1) is 17.7 Å².